The third-order valence-electron chi connectivity index (χ3n) is 8.95. The molecule has 0 bridgehead atoms. The van der Waals surface area contributed by atoms with Gasteiger partial charge in [0.05, 0.1) is 41.6 Å². The number of carbonyl (C=O) groups is 2. The first-order valence-corrected chi connectivity index (χ1v) is 17.5. The maximum atomic E-state index is 12.3. The average Bonchev–Trinajstić information content (AvgIpc) is 3.14. The van der Waals surface area contributed by atoms with Crippen molar-refractivity contribution in [1.82, 2.24) is 0 Å². The number of aryl methyl sites for hydroxylation is 1. The first-order chi connectivity index (χ1) is 24.7. The average molecular weight is 813 g/mol. The lowest BCUT2D eigenvalue weighted by molar-refractivity contribution is 0.124. The van der Waals surface area contributed by atoms with Crippen LogP contribution in [-0.4, -0.2) is 33.5 Å². The SMILES string of the molecule is COc1c(Br)cc(C2OC(=O)Nc3c2ccc2ccccc32)cc1Br.COc1c(C)ccc(C2OC(=O)Nc3c2ccc2ccccc32)c1OC. The molecule has 2 N–H and O–H groups in total. The molecule has 2 unspecified atom stereocenters. The minimum absolute atomic E-state index is 0.461. The number of fused-ring (bicyclic) bond motifs is 6. The zero-order valence-corrected chi connectivity index (χ0v) is 31.2. The van der Waals surface area contributed by atoms with Crippen molar-refractivity contribution in [3.63, 3.8) is 0 Å². The second-order valence-electron chi connectivity index (χ2n) is 11.9. The number of carbonyl (C=O) groups excluding carboxylic acids is 2. The molecule has 6 aromatic rings. The zero-order valence-electron chi connectivity index (χ0n) is 28.0. The molecule has 2 heterocycles. The molecule has 9 nitrogen and oxygen atoms in total. The quantitative estimate of drug-likeness (QED) is 0.179. The number of hydrogen-bond acceptors (Lipinski definition) is 7. The molecule has 2 aliphatic rings. The van der Waals surface area contributed by atoms with Gasteiger partial charge in [-0.15, -0.1) is 0 Å². The van der Waals surface area contributed by atoms with E-state index in [4.69, 9.17) is 23.7 Å². The van der Waals surface area contributed by atoms with Crippen LogP contribution in [0.4, 0.5) is 21.0 Å². The largest absolute Gasteiger partial charge is 0.494 e. The van der Waals surface area contributed by atoms with Gasteiger partial charge in [0.2, 0.25) is 0 Å². The summed E-state index contributed by atoms with van der Waals surface area (Å²) in [6.07, 6.45) is -2.02. The minimum atomic E-state index is -0.576. The molecule has 2 amide bonds. The van der Waals surface area contributed by atoms with Gasteiger partial charge >= 0.3 is 12.2 Å². The molecule has 51 heavy (non-hydrogen) atoms. The van der Waals surface area contributed by atoms with Crippen molar-refractivity contribution < 1.29 is 33.3 Å². The summed E-state index contributed by atoms with van der Waals surface area (Å²) in [7, 11) is 4.80. The lowest BCUT2D eigenvalue weighted by atomic mass is 9.93. The second-order valence-corrected chi connectivity index (χ2v) is 13.6. The Balaban J connectivity index is 0.000000159. The van der Waals surface area contributed by atoms with Crippen LogP contribution in [0.15, 0.2) is 106 Å². The summed E-state index contributed by atoms with van der Waals surface area (Å²) in [6, 6.07) is 31.6. The van der Waals surface area contributed by atoms with Crippen LogP contribution in [0.3, 0.4) is 0 Å². The van der Waals surface area contributed by atoms with Gasteiger partial charge in [-0.25, -0.2) is 9.59 Å². The van der Waals surface area contributed by atoms with Crippen LogP contribution >= 0.6 is 31.9 Å². The predicted molar refractivity (Wildman–Crippen MR) is 204 cm³/mol. The molecule has 0 aliphatic carbocycles. The molecule has 0 aromatic heterocycles. The van der Waals surface area contributed by atoms with Crippen molar-refractivity contribution in [3.8, 4) is 17.2 Å². The number of methoxy groups -OCH3 is 3. The van der Waals surface area contributed by atoms with Crippen molar-refractivity contribution in [2.75, 3.05) is 32.0 Å². The van der Waals surface area contributed by atoms with Gasteiger partial charge in [0.25, 0.3) is 0 Å². The van der Waals surface area contributed by atoms with Gasteiger partial charge in [-0.05, 0) is 72.8 Å². The Kier molecular flexibility index (Phi) is 9.50. The van der Waals surface area contributed by atoms with Crippen LogP contribution in [0.5, 0.6) is 17.2 Å². The van der Waals surface area contributed by atoms with E-state index in [1.54, 1.807) is 21.3 Å². The van der Waals surface area contributed by atoms with E-state index in [9.17, 15) is 9.59 Å². The first-order valence-electron chi connectivity index (χ1n) is 15.9. The summed E-state index contributed by atoms with van der Waals surface area (Å²) >= 11 is 7.02. The molecule has 11 heteroatoms. The van der Waals surface area contributed by atoms with E-state index in [1.165, 1.54) is 0 Å². The molecule has 258 valence electrons. The van der Waals surface area contributed by atoms with Crippen molar-refractivity contribution in [3.05, 3.63) is 134 Å². The second kappa shape index (κ2) is 14.2. The Morgan fingerprint density at radius 1 is 0.569 bits per heavy atom. The number of cyclic esters (lactones) is 2. The molecule has 6 aromatic carbocycles. The number of rotatable bonds is 5. The lowest BCUT2D eigenvalue weighted by Crippen LogP contribution is -2.25. The fourth-order valence-corrected chi connectivity index (χ4v) is 8.19. The fourth-order valence-electron chi connectivity index (χ4n) is 6.65. The Bertz CT molecular complexity index is 2320. The summed E-state index contributed by atoms with van der Waals surface area (Å²) in [5.41, 5.74) is 5.92. The van der Waals surface area contributed by atoms with E-state index in [0.29, 0.717) is 17.2 Å². The predicted octanol–water partition coefficient (Wildman–Crippen LogP) is 10.8. The van der Waals surface area contributed by atoms with E-state index >= 15 is 0 Å². The molecule has 0 saturated heterocycles. The van der Waals surface area contributed by atoms with Crippen LogP contribution in [-0.2, 0) is 9.47 Å². The summed E-state index contributed by atoms with van der Waals surface area (Å²) in [4.78, 5) is 24.4. The van der Waals surface area contributed by atoms with Gasteiger partial charge in [-0.2, -0.15) is 0 Å². The minimum Gasteiger partial charge on any atom is -0.494 e. The number of anilines is 2. The number of halogens is 2. The Morgan fingerprint density at radius 2 is 1.04 bits per heavy atom. The van der Waals surface area contributed by atoms with Crippen molar-refractivity contribution >= 4 is 77.0 Å². The number of nitrogens with one attached hydrogen (secondary N) is 2. The van der Waals surface area contributed by atoms with Crippen LogP contribution in [0.25, 0.3) is 21.5 Å². The van der Waals surface area contributed by atoms with E-state index in [1.807, 2.05) is 104 Å². The van der Waals surface area contributed by atoms with Gasteiger partial charge in [0.1, 0.15) is 5.75 Å². The number of ether oxygens (including phenoxy) is 5. The zero-order chi connectivity index (χ0) is 35.8. The normalized spacial score (nSPS) is 16.0. The van der Waals surface area contributed by atoms with Crippen LogP contribution in [0.2, 0.25) is 0 Å². The monoisotopic (exact) mass is 810 g/mol. The molecule has 0 radical (unpaired) electrons. The first kappa shape index (κ1) is 34.2. The molecule has 0 spiro atoms. The molecule has 0 fully saturated rings. The highest BCUT2D eigenvalue weighted by atomic mass is 79.9. The van der Waals surface area contributed by atoms with Crippen LogP contribution in [0, 0.1) is 6.92 Å². The summed E-state index contributed by atoms with van der Waals surface area (Å²) in [6.45, 7) is 1.95. The van der Waals surface area contributed by atoms with Gasteiger partial charge < -0.3 is 23.7 Å². The Labute approximate surface area is 311 Å². The molecular weight excluding hydrogens is 780 g/mol. The van der Waals surface area contributed by atoms with Crippen LogP contribution in [0.1, 0.15) is 40.0 Å². The third-order valence-corrected chi connectivity index (χ3v) is 10.1. The summed E-state index contributed by atoms with van der Waals surface area (Å²) in [5.74, 6) is 1.91. The number of hydrogen-bond donors (Lipinski definition) is 2. The van der Waals surface area contributed by atoms with Crippen LogP contribution < -0.4 is 24.8 Å². The third kappa shape index (κ3) is 6.32. The van der Waals surface area contributed by atoms with Crippen molar-refractivity contribution in [2.24, 2.45) is 0 Å². The molecule has 8 rings (SSSR count). The topological polar surface area (TPSA) is 104 Å². The molecular formula is C40H32Br2N2O7. The summed E-state index contributed by atoms with van der Waals surface area (Å²) in [5, 5.41) is 9.79. The lowest BCUT2D eigenvalue weighted by Gasteiger charge is -2.29. The smallest absolute Gasteiger partial charge is 0.412 e. The maximum Gasteiger partial charge on any atom is 0.412 e. The number of amides is 2. The fraction of sp³-hybridized carbons (Fsp3) is 0.150. The van der Waals surface area contributed by atoms with Gasteiger partial charge in [0.15, 0.2) is 23.7 Å². The van der Waals surface area contributed by atoms with Gasteiger partial charge in [0, 0.05) is 27.5 Å². The number of benzene rings is 6. The van der Waals surface area contributed by atoms with E-state index in [-0.39, 0.29) is 0 Å². The van der Waals surface area contributed by atoms with Gasteiger partial charge in [-0.1, -0.05) is 84.9 Å². The molecule has 2 atom stereocenters. The highest BCUT2D eigenvalue weighted by Gasteiger charge is 2.33. The van der Waals surface area contributed by atoms with Gasteiger partial charge in [-0.3, -0.25) is 10.6 Å². The maximum absolute atomic E-state index is 12.3. The highest BCUT2D eigenvalue weighted by molar-refractivity contribution is 9.11. The summed E-state index contributed by atoms with van der Waals surface area (Å²) < 4.78 is 29.3. The van der Waals surface area contributed by atoms with E-state index in [2.05, 4.69) is 42.5 Å². The molecule has 2 aliphatic heterocycles. The van der Waals surface area contributed by atoms with Crippen molar-refractivity contribution in [2.45, 2.75) is 19.1 Å². The van der Waals surface area contributed by atoms with Crippen molar-refractivity contribution in [1.29, 1.82) is 0 Å². The Morgan fingerprint density at radius 3 is 1.57 bits per heavy atom. The van der Waals surface area contributed by atoms with E-state index < -0.39 is 24.4 Å². The van der Waals surface area contributed by atoms with E-state index in [0.717, 1.165) is 69.7 Å². The Hall–Kier alpha value is -5.26. The molecule has 0 saturated carbocycles. The highest BCUT2D eigenvalue weighted by Crippen LogP contribution is 2.46. The standard InChI is InChI=1S/C21H19NO4.C19H13Br2NO3/c1-12-8-10-16(20(25-3)18(12)24-2)19-15-11-9-13-6-4-5-7-14(13)17(15)22-21(23)26-19;1-24-18-14(20)8-11(9-15(18)21)17-13-7-6-10-4-2-3-5-12(10)16(13)22-19(23)25-17/h4-11,19H,1-3H3,(H,22,23);2-9,17H,1H3,(H,22,23).